The van der Waals surface area contributed by atoms with E-state index in [2.05, 4.69) is 36.4 Å². The summed E-state index contributed by atoms with van der Waals surface area (Å²) in [6.07, 6.45) is 2.06. The van der Waals surface area contributed by atoms with E-state index in [4.69, 9.17) is 5.73 Å². The number of hydrogen-bond acceptors (Lipinski definition) is 9. The molecular formula is C18H19N9. The van der Waals surface area contributed by atoms with E-state index >= 15 is 0 Å². The Bertz CT molecular complexity index is 972. The van der Waals surface area contributed by atoms with Crippen molar-refractivity contribution in [2.75, 3.05) is 16.0 Å². The van der Waals surface area contributed by atoms with Crippen molar-refractivity contribution in [2.24, 2.45) is 0 Å². The van der Waals surface area contributed by atoms with Crippen LogP contribution in [-0.2, 0) is 6.54 Å². The van der Waals surface area contributed by atoms with E-state index in [1.165, 1.54) is 4.90 Å². The summed E-state index contributed by atoms with van der Waals surface area (Å²) in [6, 6.07) is 9.62. The molecule has 136 valence electrons. The second-order valence-corrected chi connectivity index (χ2v) is 6.06. The zero-order valence-corrected chi connectivity index (χ0v) is 15.3. The minimum absolute atomic E-state index is 0.0637. The minimum Gasteiger partial charge on any atom is -0.368 e. The quantitative estimate of drug-likeness (QED) is 0.519. The summed E-state index contributed by atoms with van der Waals surface area (Å²) in [5.41, 5.74) is 9.33. The maximum Gasteiger partial charge on any atom is 0.239 e. The van der Waals surface area contributed by atoms with Crippen molar-refractivity contribution in [1.29, 1.82) is 5.26 Å². The average molecular weight is 361 g/mol. The highest BCUT2D eigenvalue weighted by Gasteiger charge is 2.14. The highest BCUT2D eigenvalue weighted by molar-refractivity contribution is 5.54. The van der Waals surface area contributed by atoms with Crippen LogP contribution in [-0.4, -0.2) is 24.9 Å². The minimum atomic E-state index is 0.0637. The molecule has 9 heteroatoms. The van der Waals surface area contributed by atoms with Crippen molar-refractivity contribution in [2.45, 2.75) is 27.3 Å². The first-order valence-corrected chi connectivity index (χ1v) is 8.26. The summed E-state index contributed by atoms with van der Waals surface area (Å²) >= 11 is 0. The van der Waals surface area contributed by atoms with Crippen LogP contribution in [0.5, 0.6) is 0 Å². The molecule has 3 aromatic rings. The second kappa shape index (κ2) is 7.61. The third-order valence-electron chi connectivity index (χ3n) is 3.64. The van der Waals surface area contributed by atoms with Crippen LogP contribution in [0.4, 0.5) is 23.5 Å². The summed E-state index contributed by atoms with van der Waals surface area (Å²) in [5, 5.41) is 12.6. The third kappa shape index (κ3) is 4.64. The number of hydrogen-bond donors (Lipinski definition) is 2. The van der Waals surface area contributed by atoms with E-state index in [-0.39, 0.29) is 12.5 Å². The molecule has 0 unspecified atom stereocenters. The molecule has 0 bridgehead atoms. The van der Waals surface area contributed by atoms with Crippen LogP contribution >= 0.6 is 0 Å². The van der Waals surface area contributed by atoms with Gasteiger partial charge in [-0.2, -0.15) is 20.2 Å². The zero-order chi connectivity index (χ0) is 19.4. The van der Waals surface area contributed by atoms with Gasteiger partial charge in [-0.1, -0.05) is 17.7 Å². The standard InChI is InChI=1S/C18H19N9/c1-11-4-6-14(7-5-11)23-17-25-15(24-16(20)26-17)9-27(10-19)18-21-12(2)8-13(3)22-18/h4-8H,9H2,1-3H3,(H3,20,23,24,25,26). The Balaban J connectivity index is 1.84. The van der Waals surface area contributed by atoms with E-state index in [0.29, 0.717) is 17.7 Å². The third-order valence-corrected chi connectivity index (χ3v) is 3.64. The number of aryl methyl sites for hydroxylation is 3. The van der Waals surface area contributed by atoms with Gasteiger partial charge >= 0.3 is 0 Å². The topological polar surface area (TPSA) is 130 Å². The normalized spacial score (nSPS) is 10.3. The SMILES string of the molecule is Cc1ccc(Nc2nc(N)nc(CN(C#N)c3nc(C)cc(C)n3)n2)cc1. The van der Waals surface area contributed by atoms with Gasteiger partial charge in [0.1, 0.15) is 0 Å². The largest absolute Gasteiger partial charge is 0.368 e. The van der Waals surface area contributed by atoms with Crippen molar-refractivity contribution >= 4 is 23.5 Å². The highest BCUT2D eigenvalue weighted by Crippen LogP contribution is 2.16. The number of nitriles is 1. The van der Waals surface area contributed by atoms with Crippen LogP contribution in [0.25, 0.3) is 0 Å². The lowest BCUT2D eigenvalue weighted by molar-refractivity contribution is 0.824. The Morgan fingerprint density at radius 2 is 1.67 bits per heavy atom. The monoisotopic (exact) mass is 361 g/mol. The molecule has 2 heterocycles. The number of benzene rings is 1. The number of rotatable bonds is 5. The molecule has 0 amide bonds. The van der Waals surface area contributed by atoms with E-state index in [1.54, 1.807) is 0 Å². The molecule has 3 N–H and O–H groups in total. The van der Waals surface area contributed by atoms with E-state index in [9.17, 15) is 5.26 Å². The van der Waals surface area contributed by atoms with Crippen molar-refractivity contribution < 1.29 is 0 Å². The average Bonchev–Trinajstić information content (AvgIpc) is 2.60. The highest BCUT2D eigenvalue weighted by atomic mass is 15.3. The molecule has 0 aliphatic carbocycles. The number of nitrogen functional groups attached to an aromatic ring is 1. The van der Waals surface area contributed by atoms with Gasteiger partial charge in [0.05, 0.1) is 6.54 Å². The Labute approximate surface area is 157 Å². The molecule has 0 saturated carbocycles. The van der Waals surface area contributed by atoms with Crippen LogP contribution in [0.2, 0.25) is 0 Å². The lowest BCUT2D eigenvalue weighted by Crippen LogP contribution is -2.21. The van der Waals surface area contributed by atoms with Gasteiger partial charge in [0.15, 0.2) is 12.0 Å². The van der Waals surface area contributed by atoms with E-state index < -0.39 is 0 Å². The summed E-state index contributed by atoms with van der Waals surface area (Å²) in [6.45, 7) is 5.78. The van der Waals surface area contributed by atoms with Crippen molar-refractivity contribution in [3.05, 3.63) is 53.1 Å². The first-order valence-electron chi connectivity index (χ1n) is 8.26. The van der Waals surface area contributed by atoms with Gasteiger partial charge in [0.25, 0.3) is 0 Å². The van der Waals surface area contributed by atoms with Gasteiger partial charge in [-0.15, -0.1) is 0 Å². The molecule has 0 radical (unpaired) electrons. The molecule has 0 aliphatic rings. The number of anilines is 4. The van der Waals surface area contributed by atoms with Gasteiger partial charge in [0.2, 0.25) is 17.8 Å². The fourth-order valence-electron chi connectivity index (χ4n) is 2.45. The molecule has 27 heavy (non-hydrogen) atoms. The Hall–Kier alpha value is -3.80. The van der Waals surface area contributed by atoms with Crippen molar-refractivity contribution in [3.8, 4) is 6.19 Å². The second-order valence-electron chi connectivity index (χ2n) is 6.06. The molecule has 3 rings (SSSR count). The first kappa shape index (κ1) is 18.0. The van der Waals surface area contributed by atoms with E-state index in [0.717, 1.165) is 22.6 Å². The molecule has 0 atom stereocenters. The van der Waals surface area contributed by atoms with Crippen LogP contribution < -0.4 is 16.0 Å². The number of nitrogens with zero attached hydrogens (tertiary/aromatic N) is 7. The van der Waals surface area contributed by atoms with Crippen LogP contribution in [0.15, 0.2) is 30.3 Å². The molecule has 0 spiro atoms. The first-order chi connectivity index (χ1) is 12.9. The van der Waals surface area contributed by atoms with Gasteiger partial charge in [0, 0.05) is 17.1 Å². The summed E-state index contributed by atoms with van der Waals surface area (Å²) in [5.74, 6) is 0.998. The van der Waals surface area contributed by atoms with Crippen molar-refractivity contribution in [3.63, 3.8) is 0 Å². The van der Waals surface area contributed by atoms with Crippen LogP contribution in [0.3, 0.4) is 0 Å². The number of nitrogens with one attached hydrogen (secondary N) is 1. The van der Waals surface area contributed by atoms with Gasteiger partial charge < -0.3 is 11.1 Å². The predicted molar refractivity (Wildman–Crippen MR) is 102 cm³/mol. The Kier molecular flexibility index (Phi) is 5.08. The summed E-state index contributed by atoms with van der Waals surface area (Å²) in [4.78, 5) is 22.5. The molecule has 0 saturated heterocycles. The zero-order valence-electron chi connectivity index (χ0n) is 15.3. The van der Waals surface area contributed by atoms with Crippen molar-refractivity contribution in [1.82, 2.24) is 24.9 Å². The predicted octanol–water partition coefficient (Wildman–Crippen LogP) is 2.40. The Morgan fingerprint density at radius 3 is 2.30 bits per heavy atom. The molecule has 1 aromatic carbocycles. The number of aromatic nitrogens is 5. The van der Waals surface area contributed by atoms with Gasteiger partial charge in [-0.25, -0.2) is 14.9 Å². The molecule has 2 aromatic heterocycles. The summed E-state index contributed by atoms with van der Waals surface area (Å²) < 4.78 is 0. The molecule has 9 nitrogen and oxygen atoms in total. The molecular weight excluding hydrogens is 342 g/mol. The number of nitrogens with two attached hydrogens (primary N) is 1. The maximum absolute atomic E-state index is 9.50. The fraction of sp³-hybridized carbons (Fsp3) is 0.222. The lowest BCUT2D eigenvalue weighted by Gasteiger charge is -2.14. The smallest absolute Gasteiger partial charge is 0.239 e. The van der Waals surface area contributed by atoms with E-state index in [1.807, 2.05) is 51.1 Å². The molecule has 0 aliphatic heterocycles. The van der Waals surface area contributed by atoms with Crippen LogP contribution in [0.1, 0.15) is 22.8 Å². The fourth-order valence-corrected chi connectivity index (χ4v) is 2.45. The lowest BCUT2D eigenvalue weighted by atomic mass is 10.2. The Morgan fingerprint density at radius 1 is 1.00 bits per heavy atom. The van der Waals surface area contributed by atoms with Gasteiger partial charge in [-0.3, -0.25) is 0 Å². The summed E-state index contributed by atoms with van der Waals surface area (Å²) in [7, 11) is 0. The van der Waals surface area contributed by atoms with Gasteiger partial charge in [-0.05, 0) is 39.0 Å². The maximum atomic E-state index is 9.50. The molecule has 0 fully saturated rings. The van der Waals surface area contributed by atoms with Crippen LogP contribution in [0, 0.1) is 32.2 Å².